The van der Waals surface area contributed by atoms with Crippen LogP contribution >= 0.6 is 70.4 Å². The fourth-order valence-electron chi connectivity index (χ4n) is 10.9. The molecule has 0 atom stereocenters. The van der Waals surface area contributed by atoms with E-state index in [2.05, 4.69) is 47.8 Å². The van der Waals surface area contributed by atoms with Gasteiger partial charge in [-0.05, 0) is 312 Å². The third-order valence-corrected chi connectivity index (χ3v) is 20.2. The molecule has 12 rings (SSSR count). The number of fused-ring (bicyclic) bond motifs is 6. The zero-order chi connectivity index (χ0) is 71.3. The topological polar surface area (TPSA) is 238 Å². The number of ether oxygens (including phenoxy) is 2. The number of aryl methyl sites for hydroxylation is 12. The minimum Gasteiger partial charge on any atom is -0.481 e. The summed E-state index contributed by atoms with van der Waals surface area (Å²) in [6, 6.07) is 34.9. The Balaban J connectivity index is 0.000000157. The highest BCUT2D eigenvalue weighted by Crippen LogP contribution is 2.37. The predicted molar refractivity (Wildman–Crippen MR) is 402 cm³/mol. The number of carboxylic acids is 3. The average Bonchev–Trinajstić information content (AvgIpc) is 0.771. The third-order valence-electron chi connectivity index (χ3n) is 16.5. The summed E-state index contributed by atoms with van der Waals surface area (Å²) >= 11 is 12.2. The van der Waals surface area contributed by atoms with E-state index in [1.54, 1.807) is 43.3 Å². The molecule has 0 spiro atoms. The van der Waals surface area contributed by atoms with E-state index in [1.807, 2.05) is 191 Å². The van der Waals surface area contributed by atoms with Crippen molar-refractivity contribution in [2.24, 2.45) is 0 Å². The quantitative estimate of drug-likeness (QED) is 0.0692. The number of hydrogen-bond acceptors (Lipinski definition) is 12. The number of aromatic carboxylic acids is 2. The summed E-state index contributed by atoms with van der Waals surface area (Å²) in [7, 11) is 0. The fraction of sp³-hybridized carbons (Fsp3) is 0.218. The largest absolute Gasteiger partial charge is 0.481 e. The number of esters is 1. The number of aliphatic carboxylic acids is 1. The van der Waals surface area contributed by atoms with Gasteiger partial charge in [-0.25, -0.2) is 9.59 Å². The molecule has 97 heavy (non-hydrogen) atoms. The molecule has 0 aliphatic carbocycles. The average molecular weight is 1610 g/mol. The lowest BCUT2D eigenvalue weighted by Gasteiger charge is -2.14. The molecule has 0 bridgehead atoms. The summed E-state index contributed by atoms with van der Waals surface area (Å²) in [5.74, 6) is -2.17. The minimum absolute atomic E-state index is 0.0313. The van der Waals surface area contributed by atoms with Crippen LogP contribution in [0.4, 0.5) is 0 Å². The zero-order valence-corrected chi connectivity index (χ0v) is 62.8. The summed E-state index contributed by atoms with van der Waals surface area (Å²) in [5.41, 5.74) is 17.6. The standard InChI is InChI=1S/C20H20O4.C18H16O4.C16H15BrO3.C16H13BrO2.C8H6BrIO2/c1-5-23-17(21)10-14-8-11(2)9-16-18(22)15-7-6-12(3)13(4)19(15)24-20(14)16;1-9-6-12(8-15(19)20)18-14(7-9)16(21)13-5-4-10(2)11(3)17(13)22-18;1-9-7-12(16(18)19)15(13(17)8-9)20-14-6-4-5-10(2)11(14)3;1-8-6-12-14(18)11-5-4-9(2)10(3)15(11)19-16(12)13(17)7-8;1-4-2-5(8(11)12)7(10)6(9)3-4/h6-9H,5,10H2,1-4H3;4-7H,8H2,1-3H3,(H,19,20);4-8H,1-3H3,(H,18,19);4-7H,1-3H3;2-3H,1H3,(H,11,12). The van der Waals surface area contributed by atoms with Crippen molar-refractivity contribution in [3.05, 3.63) is 257 Å². The van der Waals surface area contributed by atoms with Gasteiger partial charge >= 0.3 is 23.9 Å². The first kappa shape index (κ1) is 74.0. The Bertz CT molecular complexity index is 5390. The molecule has 12 aromatic rings. The van der Waals surface area contributed by atoms with Crippen LogP contribution < -0.4 is 21.0 Å². The van der Waals surface area contributed by atoms with Gasteiger partial charge < -0.3 is 38.0 Å². The Hall–Kier alpha value is -8.76. The normalized spacial score (nSPS) is 10.9. The molecule has 0 unspecified atom stereocenters. The summed E-state index contributed by atoms with van der Waals surface area (Å²) < 4.78 is 31.9. The highest BCUT2D eigenvalue weighted by molar-refractivity contribution is 14.1. The first-order valence-corrected chi connectivity index (χ1v) is 34.1. The molecule has 0 aliphatic heterocycles. The Kier molecular flexibility index (Phi) is 23.8. The smallest absolute Gasteiger partial charge is 0.339 e. The van der Waals surface area contributed by atoms with E-state index in [9.17, 15) is 38.7 Å². The molecular formula is C78H70Br3IO15. The predicted octanol–water partition coefficient (Wildman–Crippen LogP) is 20.0. The van der Waals surface area contributed by atoms with E-state index >= 15 is 0 Å². The number of carbonyl (C=O) groups excluding carboxylic acids is 1. The van der Waals surface area contributed by atoms with Crippen molar-refractivity contribution < 1.29 is 57.2 Å². The second-order valence-electron chi connectivity index (χ2n) is 23.9. The molecule has 3 N–H and O–H groups in total. The molecule has 0 aliphatic rings. The fourth-order valence-corrected chi connectivity index (χ4v) is 13.4. The van der Waals surface area contributed by atoms with Gasteiger partial charge in [-0.3, -0.25) is 24.0 Å². The second-order valence-corrected chi connectivity index (χ2v) is 27.5. The first-order valence-electron chi connectivity index (χ1n) is 30.6. The minimum atomic E-state index is -1.00. The van der Waals surface area contributed by atoms with Gasteiger partial charge in [0.25, 0.3) is 0 Å². The van der Waals surface area contributed by atoms with Gasteiger partial charge in [-0.15, -0.1) is 0 Å². The van der Waals surface area contributed by atoms with Gasteiger partial charge in [0.05, 0.1) is 66.3 Å². The maximum atomic E-state index is 12.9. The maximum absolute atomic E-state index is 12.9. The van der Waals surface area contributed by atoms with E-state index in [-0.39, 0.29) is 40.7 Å². The molecule has 0 radical (unpaired) electrons. The first-order chi connectivity index (χ1) is 45.7. The van der Waals surface area contributed by atoms with Crippen LogP contribution in [0.25, 0.3) is 65.8 Å². The van der Waals surface area contributed by atoms with Gasteiger partial charge in [0.1, 0.15) is 39.2 Å². The molecule has 0 amide bonds. The van der Waals surface area contributed by atoms with Crippen molar-refractivity contribution in [2.75, 3.05) is 6.61 Å². The number of hydrogen-bond donors (Lipinski definition) is 3. The number of rotatable bonds is 9. The second kappa shape index (κ2) is 31.2. The molecule has 19 heteroatoms. The number of halogens is 4. The lowest BCUT2D eigenvalue weighted by molar-refractivity contribution is -0.142. The van der Waals surface area contributed by atoms with Crippen LogP contribution in [-0.2, 0) is 27.2 Å². The lowest BCUT2D eigenvalue weighted by Crippen LogP contribution is -2.10. The lowest BCUT2D eigenvalue weighted by atomic mass is 10.0. The summed E-state index contributed by atoms with van der Waals surface area (Å²) in [4.78, 5) is 83.2. The van der Waals surface area contributed by atoms with Crippen LogP contribution in [0.2, 0.25) is 0 Å². The monoisotopic (exact) mass is 1610 g/mol. The Labute approximate surface area is 598 Å². The van der Waals surface area contributed by atoms with Crippen molar-refractivity contribution in [1.82, 2.24) is 0 Å². The van der Waals surface area contributed by atoms with Crippen molar-refractivity contribution >= 4 is 160 Å². The van der Waals surface area contributed by atoms with Crippen LogP contribution in [0.1, 0.15) is 111 Å². The molecule has 0 fully saturated rings. The van der Waals surface area contributed by atoms with Gasteiger partial charge in [0.2, 0.25) is 16.3 Å². The van der Waals surface area contributed by atoms with E-state index in [4.69, 9.17) is 32.9 Å². The van der Waals surface area contributed by atoms with Gasteiger partial charge in [0, 0.05) is 19.2 Å². The van der Waals surface area contributed by atoms with Crippen LogP contribution in [0.15, 0.2) is 156 Å². The maximum Gasteiger partial charge on any atom is 0.339 e. The van der Waals surface area contributed by atoms with E-state index in [1.165, 1.54) is 0 Å². The zero-order valence-electron chi connectivity index (χ0n) is 55.8. The molecular weight excluding hydrogens is 1540 g/mol. The molecule has 9 aromatic carbocycles. The van der Waals surface area contributed by atoms with E-state index in [0.717, 1.165) is 84.8 Å². The highest BCUT2D eigenvalue weighted by atomic mass is 127. The van der Waals surface area contributed by atoms with Gasteiger partial charge in [-0.1, -0.05) is 42.5 Å². The summed E-state index contributed by atoms with van der Waals surface area (Å²) in [5, 5.41) is 30.5. The Morgan fingerprint density at radius 2 is 0.804 bits per heavy atom. The molecule has 0 saturated heterocycles. The van der Waals surface area contributed by atoms with Crippen molar-refractivity contribution in [1.29, 1.82) is 0 Å². The summed E-state index contributed by atoms with van der Waals surface area (Å²) in [6.07, 6.45) is -0.0805. The van der Waals surface area contributed by atoms with E-state index < -0.39 is 17.9 Å². The number of carboxylic acid groups (broad SMARTS) is 3. The van der Waals surface area contributed by atoms with Gasteiger partial charge in [0.15, 0.2) is 11.3 Å². The van der Waals surface area contributed by atoms with Crippen molar-refractivity contribution in [3.63, 3.8) is 0 Å². The molecule has 3 heterocycles. The van der Waals surface area contributed by atoms with Gasteiger partial charge in [-0.2, -0.15) is 0 Å². The summed E-state index contributed by atoms with van der Waals surface area (Å²) in [6.45, 7) is 27.2. The highest BCUT2D eigenvalue weighted by Gasteiger charge is 2.21. The molecule has 3 aromatic heterocycles. The van der Waals surface area contributed by atoms with Crippen molar-refractivity contribution in [2.45, 2.75) is 110 Å². The Morgan fingerprint density at radius 3 is 1.25 bits per heavy atom. The van der Waals surface area contributed by atoms with Crippen LogP contribution in [-0.4, -0.2) is 45.8 Å². The Morgan fingerprint density at radius 1 is 0.423 bits per heavy atom. The number of carbonyl (C=O) groups is 4. The SMILES string of the molecule is CCOC(=O)Cc1cc(C)cc2c(=O)c3ccc(C)c(C)c3oc12.Cc1cc(Br)c(I)c(C(=O)O)c1.Cc1cc(Br)c(Oc2cccc(C)c2C)c(C(=O)O)c1.Cc1cc(Br)c2oc3c(C)c(C)ccc3c(=O)c2c1.Cc1cc(CC(=O)O)c2oc3c(C)c(C)ccc3c(=O)c2c1. The molecule has 0 saturated carbocycles. The number of benzene rings is 9. The van der Waals surface area contributed by atoms with Crippen LogP contribution in [0.3, 0.4) is 0 Å². The van der Waals surface area contributed by atoms with E-state index in [0.29, 0.717) is 105 Å². The molecule has 15 nitrogen and oxygen atoms in total. The molecule has 500 valence electrons. The van der Waals surface area contributed by atoms with Crippen LogP contribution in [0.5, 0.6) is 11.5 Å². The third kappa shape index (κ3) is 16.6. The van der Waals surface area contributed by atoms with Crippen molar-refractivity contribution in [3.8, 4) is 11.5 Å². The van der Waals surface area contributed by atoms with Crippen LogP contribution in [0, 0.1) is 93.6 Å².